The SMILES string of the molecule is CCCCN1C(=O)[C@@H]2[C@@H](c3ccco3)N(c3ccccc3C)O[C@H]2C1=O. The van der Waals surface area contributed by atoms with Crippen LogP contribution in [0.1, 0.15) is 37.1 Å². The number of furan rings is 1. The quantitative estimate of drug-likeness (QED) is 0.772. The third kappa shape index (κ3) is 2.52. The molecule has 0 unspecified atom stereocenters. The summed E-state index contributed by atoms with van der Waals surface area (Å²) >= 11 is 0. The fraction of sp³-hybridized carbons (Fsp3) is 0.400. The highest BCUT2D eigenvalue weighted by Gasteiger charge is 2.60. The lowest BCUT2D eigenvalue weighted by Gasteiger charge is -2.28. The van der Waals surface area contributed by atoms with E-state index in [1.165, 1.54) is 4.90 Å². The van der Waals surface area contributed by atoms with Gasteiger partial charge in [0.15, 0.2) is 6.10 Å². The molecular formula is C20H22N2O4. The topological polar surface area (TPSA) is 63.0 Å². The van der Waals surface area contributed by atoms with E-state index in [1.807, 2.05) is 44.2 Å². The Morgan fingerprint density at radius 1 is 1.08 bits per heavy atom. The van der Waals surface area contributed by atoms with Crippen molar-refractivity contribution in [3.05, 3.63) is 54.0 Å². The lowest BCUT2D eigenvalue weighted by molar-refractivity contribution is -0.143. The van der Waals surface area contributed by atoms with E-state index in [9.17, 15) is 9.59 Å². The van der Waals surface area contributed by atoms with Crippen molar-refractivity contribution in [2.45, 2.75) is 38.8 Å². The van der Waals surface area contributed by atoms with E-state index in [0.717, 1.165) is 24.1 Å². The molecule has 6 nitrogen and oxygen atoms in total. The van der Waals surface area contributed by atoms with Gasteiger partial charge in [-0.2, -0.15) is 0 Å². The highest BCUT2D eigenvalue weighted by Crippen LogP contribution is 2.47. The molecule has 6 heteroatoms. The molecule has 2 fully saturated rings. The third-order valence-electron chi connectivity index (χ3n) is 5.13. The van der Waals surface area contributed by atoms with E-state index < -0.39 is 18.1 Å². The Kier molecular flexibility index (Phi) is 4.28. The molecule has 2 saturated heterocycles. The molecule has 0 N–H and O–H groups in total. The summed E-state index contributed by atoms with van der Waals surface area (Å²) in [5.41, 5.74) is 1.84. The largest absolute Gasteiger partial charge is 0.467 e. The number of likely N-dealkylation sites (tertiary alicyclic amines) is 1. The number of anilines is 1. The van der Waals surface area contributed by atoms with Gasteiger partial charge >= 0.3 is 0 Å². The molecule has 2 aliphatic rings. The Morgan fingerprint density at radius 2 is 1.88 bits per heavy atom. The van der Waals surface area contributed by atoms with Gasteiger partial charge in [-0.1, -0.05) is 31.5 Å². The van der Waals surface area contributed by atoms with Crippen molar-refractivity contribution < 1.29 is 18.8 Å². The number of carbonyl (C=O) groups is 2. The first-order valence-corrected chi connectivity index (χ1v) is 9.03. The Bertz CT molecular complexity index is 817. The minimum Gasteiger partial charge on any atom is -0.467 e. The summed E-state index contributed by atoms with van der Waals surface area (Å²) in [5.74, 6) is -0.392. The predicted octanol–water partition coefficient (Wildman–Crippen LogP) is 3.23. The van der Waals surface area contributed by atoms with Crippen LogP contribution in [0.25, 0.3) is 0 Å². The van der Waals surface area contributed by atoms with Crippen LogP contribution in [0.3, 0.4) is 0 Å². The first-order valence-electron chi connectivity index (χ1n) is 9.03. The molecule has 26 heavy (non-hydrogen) atoms. The van der Waals surface area contributed by atoms with Crippen molar-refractivity contribution in [3.63, 3.8) is 0 Å². The van der Waals surface area contributed by atoms with Crippen molar-refractivity contribution in [2.75, 3.05) is 11.6 Å². The summed E-state index contributed by atoms with van der Waals surface area (Å²) in [6, 6.07) is 10.9. The molecule has 3 heterocycles. The zero-order valence-corrected chi connectivity index (χ0v) is 14.9. The Labute approximate surface area is 152 Å². The molecule has 2 aliphatic heterocycles. The summed E-state index contributed by atoms with van der Waals surface area (Å²) in [5, 5.41) is 1.68. The number of hydrogen-bond donors (Lipinski definition) is 0. The van der Waals surface area contributed by atoms with Gasteiger partial charge in [-0.3, -0.25) is 19.3 Å². The minimum atomic E-state index is -0.797. The molecule has 2 aromatic rings. The zero-order valence-electron chi connectivity index (χ0n) is 14.9. The smallest absolute Gasteiger partial charge is 0.262 e. The molecule has 0 radical (unpaired) electrons. The summed E-state index contributed by atoms with van der Waals surface area (Å²) < 4.78 is 5.61. The van der Waals surface area contributed by atoms with Crippen LogP contribution >= 0.6 is 0 Å². The van der Waals surface area contributed by atoms with Crippen LogP contribution in [0.5, 0.6) is 0 Å². The van der Waals surface area contributed by atoms with Crippen LogP contribution in [0.2, 0.25) is 0 Å². The van der Waals surface area contributed by atoms with E-state index >= 15 is 0 Å². The van der Waals surface area contributed by atoms with Gasteiger partial charge in [0.25, 0.3) is 5.91 Å². The number of unbranched alkanes of at least 4 members (excludes halogenated alkanes) is 1. The normalized spacial score (nSPS) is 25.2. The number of imide groups is 1. The summed E-state index contributed by atoms with van der Waals surface area (Å²) in [4.78, 5) is 33.2. The molecule has 0 spiro atoms. The number of para-hydroxylation sites is 1. The van der Waals surface area contributed by atoms with Gasteiger partial charge in [0, 0.05) is 6.54 Å². The van der Waals surface area contributed by atoms with Crippen molar-refractivity contribution >= 4 is 17.5 Å². The number of fused-ring (bicyclic) bond motifs is 1. The Morgan fingerprint density at radius 3 is 2.58 bits per heavy atom. The summed E-state index contributed by atoms with van der Waals surface area (Å²) in [6.07, 6.45) is 2.50. The average Bonchev–Trinajstić information content (AvgIpc) is 3.33. The maximum atomic E-state index is 13.0. The van der Waals surface area contributed by atoms with Crippen LogP contribution < -0.4 is 5.06 Å². The third-order valence-corrected chi connectivity index (χ3v) is 5.13. The van der Waals surface area contributed by atoms with Crippen molar-refractivity contribution in [3.8, 4) is 0 Å². The number of amides is 2. The van der Waals surface area contributed by atoms with E-state index in [0.29, 0.717) is 12.3 Å². The van der Waals surface area contributed by atoms with Gasteiger partial charge in [-0.15, -0.1) is 0 Å². The van der Waals surface area contributed by atoms with E-state index in [4.69, 9.17) is 9.25 Å². The summed E-state index contributed by atoms with van der Waals surface area (Å²) in [7, 11) is 0. The van der Waals surface area contributed by atoms with Crippen LogP contribution in [-0.4, -0.2) is 29.4 Å². The predicted molar refractivity (Wildman–Crippen MR) is 95.1 cm³/mol. The molecular weight excluding hydrogens is 332 g/mol. The van der Waals surface area contributed by atoms with Crippen LogP contribution in [0.15, 0.2) is 47.1 Å². The average molecular weight is 354 g/mol. The second-order valence-corrected chi connectivity index (χ2v) is 6.81. The number of hydrogen-bond acceptors (Lipinski definition) is 5. The fourth-order valence-electron chi connectivity index (χ4n) is 3.78. The Hall–Kier alpha value is -2.60. The fourth-order valence-corrected chi connectivity index (χ4v) is 3.78. The molecule has 0 saturated carbocycles. The van der Waals surface area contributed by atoms with Crippen molar-refractivity contribution in [2.24, 2.45) is 5.92 Å². The molecule has 2 amide bonds. The second kappa shape index (κ2) is 6.61. The van der Waals surface area contributed by atoms with Gasteiger partial charge in [-0.05, 0) is 37.1 Å². The van der Waals surface area contributed by atoms with Gasteiger partial charge in [0.2, 0.25) is 5.91 Å². The zero-order chi connectivity index (χ0) is 18.3. The van der Waals surface area contributed by atoms with Gasteiger partial charge in [0.1, 0.15) is 17.7 Å². The molecule has 136 valence electrons. The van der Waals surface area contributed by atoms with Crippen molar-refractivity contribution in [1.29, 1.82) is 0 Å². The molecule has 0 aliphatic carbocycles. The molecule has 3 atom stereocenters. The minimum absolute atomic E-state index is 0.175. The molecule has 1 aromatic heterocycles. The summed E-state index contributed by atoms with van der Waals surface area (Å²) in [6.45, 7) is 4.46. The van der Waals surface area contributed by atoms with Crippen LogP contribution in [0.4, 0.5) is 5.69 Å². The monoisotopic (exact) mass is 354 g/mol. The van der Waals surface area contributed by atoms with Gasteiger partial charge in [0.05, 0.1) is 12.0 Å². The first-order chi connectivity index (χ1) is 12.6. The molecule has 0 bridgehead atoms. The maximum absolute atomic E-state index is 13.0. The van der Waals surface area contributed by atoms with Crippen LogP contribution in [0, 0.1) is 12.8 Å². The van der Waals surface area contributed by atoms with Gasteiger partial charge in [-0.25, -0.2) is 5.06 Å². The number of benzene rings is 1. The number of carbonyl (C=O) groups excluding carboxylic acids is 2. The lowest BCUT2D eigenvalue weighted by atomic mass is 9.94. The van der Waals surface area contributed by atoms with E-state index in [-0.39, 0.29) is 11.8 Å². The number of nitrogens with zero attached hydrogens (tertiary/aromatic N) is 2. The van der Waals surface area contributed by atoms with E-state index in [2.05, 4.69) is 0 Å². The highest BCUT2D eigenvalue weighted by molar-refractivity contribution is 6.07. The number of aryl methyl sites for hydroxylation is 1. The van der Waals surface area contributed by atoms with E-state index in [1.54, 1.807) is 17.4 Å². The standard InChI is InChI=1S/C20H22N2O4/c1-3-4-11-21-19(23)16-17(15-10-7-12-25-15)22(26-18(16)20(21)24)14-9-6-5-8-13(14)2/h5-10,12,16-18H,3-4,11H2,1-2H3/t16-,17-,18-/m1/s1. The second-order valence-electron chi connectivity index (χ2n) is 6.81. The van der Waals surface area contributed by atoms with Crippen molar-refractivity contribution in [1.82, 2.24) is 4.90 Å². The molecule has 4 rings (SSSR count). The number of hydroxylamine groups is 1. The highest BCUT2D eigenvalue weighted by atomic mass is 16.7. The first kappa shape index (κ1) is 16.8. The maximum Gasteiger partial charge on any atom is 0.262 e. The molecule has 1 aromatic carbocycles. The number of rotatable bonds is 5. The Balaban J connectivity index is 1.73. The lowest BCUT2D eigenvalue weighted by Crippen LogP contribution is -2.37. The van der Waals surface area contributed by atoms with Crippen LogP contribution in [-0.2, 0) is 14.4 Å². The van der Waals surface area contributed by atoms with Gasteiger partial charge < -0.3 is 4.42 Å².